The molecule has 0 saturated heterocycles. The molecule has 0 aliphatic heterocycles. The highest BCUT2D eigenvalue weighted by Crippen LogP contribution is 2.29. The zero-order valence-electron chi connectivity index (χ0n) is 10.0. The van der Waals surface area contributed by atoms with Gasteiger partial charge >= 0.3 is 6.18 Å². The van der Waals surface area contributed by atoms with Crippen molar-refractivity contribution in [2.45, 2.75) is 25.7 Å². The Balaban J connectivity index is 2.66. The fraction of sp³-hybridized carbons (Fsp3) is 0.417. The molecule has 6 heteroatoms. The first-order valence-corrected chi connectivity index (χ1v) is 5.31. The standard InChI is InChI=1S/C12H14F3NO2/c1-8(18-2)11(17)16-7-9-4-3-5-10(6-9)12(13,14)15/h3-6,8H,7H2,1-2H3,(H,16,17). The van der Waals surface area contributed by atoms with E-state index >= 15 is 0 Å². The van der Waals surface area contributed by atoms with Crippen LogP contribution in [0.1, 0.15) is 18.1 Å². The Hall–Kier alpha value is -1.56. The van der Waals surface area contributed by atoms with Gasteiger partial charge in [-0.25, -0.2) is 0 Å². The van der Waals surface area contributed by atoms with Gasteiger partial charge in [-0.2, -0.15) is 13.2 Å². The molecular weight excluding hydrogens is 247 g/mol. The zero-order valence-corrected chi connectivity index (χ0v) is 10.0. The van der Waals surface area contributed by atoms with E-state index < -0.39 is 17.8 Å². The van der Waals surface area contributed by atoms with Crippen LogP contribution in [0.2, 0.25) is 0 Å². The third kappa shape index (κ3) is 4.03. The van der Waals surface area contributed by atoms with Gasteiger partial charge in [-0.05, 0) is 24.6 Å². The topological polar surface area (TPSA) is 38.3 Å². The number of carbonyl (C=O) groups excluding carboxylic acids is 1. The largest absolute Gasteiger partial charge is 0.416 e. The van der Waals surface area contributed by atoms with Crippen LogP contribution in [0.25, 0.3) is 0 Å². The molecule has 3 nitrogen and oxygen atoms in total. The van der Waals surface area contributed by atoms with Crippen LogP contribution in [0.5, 0.6) is 0 Å². The third-order valence-corrected chi connectivity index (χ3v) is 2.44. The number of hydrogen-bond donors (Lipinski definition) is 1. The molecule has 0 radical (unpaired) electrons. The normalized spacial score (nSPS) is 13.2. The van der Waals surface area contributed by atoms with Crippen molar-refractivity contribution < 1.29 is 22.7 Å². The van der Waals surface area contributed by atoms with Crippen LogP contribution in [0.4, 0.5) is 13.2 Å². The monoisotopic (exact) mass is 261 g/mol. The minimum atomic E-state index is -4.38. The average molecular weight is 261 g/mol. The summed E-state index contributed by atoms with van der Waals surface area (Å²) in [5.41, 5.74) is -0.337. The molecule has 1 aromatic rings. The van der Waals surface area contributed by atoms with Crippen LogP contribution < -0.4 is 5.32 Å². The minimum Gasteiger partial charge on any atom is -0.372 e. The molecule has 1 rings (SSSR count). The van der Waals surface area contributed by atoms with Crippen molar-refractivity contribution in [3.63, 3.8) is 0 Å². The molecule has 100 valence electrons. The second-order valence-corrected chi connectivity index (χ2v) is 3.79. The van der Waals surface area contributed by atoms with Gasteiger partial charge in [-0.3, -0.25) is 4.79 Å². The molecule has 18 heavy (non-hydrogen) atoms. The number of nitrogens with one attached hydrogen (secondary N) is 1. The Labute approximate surface area is 103 Å². The molecule has 1 atom stereocenters. The maximum atomic E-state index is 12.4. The summed E-state index contributed by atoms with van der Waals surface area (Å²) in [6.45, 7) is 1.60. The van der Waals surface area contributed by atoms with E-state index in [1.165, 1.54) is 19.2 Å². The van der Waals surface area contributed by atoms with E-state index in [1.54, 1.807) is 6.92 Å². The van der Waals surface area contributed by atoms with Gasteiger partial charge in [0.25, 0.3) is 0 Å². The lowest BCUT2D eigenvalue weighted by Gasteiger charge is -2.12. The fourth-order valence-electron chi connectivity index (χ4n) is 1.30. The van der Waals surface area contributed by atoms with Gasteiger partial charge in [-0.1, -0.05) is 12.1 Å². The van der Waals surface area contributed by atoms with Gasteiger partial charge in [0.2, 0.25) is 5.91 Å². The third-order valence-electron chi connectivity index (χ3n) is 2.44. The Morgan fingerprint density at radius 2 is 2.11 bits per heavy atom. The molecule has 0 spiro atoms. The first-order chi connectivity index (χ1) is 8.34. The van der Waals surface area contributed by atoms with Crippen LogP contribution in [-0.2, 0) is 22.3 Å². The fourth-order valence-corrected chi connectivity index (χ4v) is 1.30. The lowest BCUT2D eigenvalue weighted by atomic mass is 10.1. The van der Waals surface area contributed by atoms with E-state index in [-0.39, 0.29) is 12.5 Å². The molecule has 1 aromatic carbocycles. The maximum absolute atomic E-state index is 12.4. The quantitative estimate of drug-likeness (QED) is 0.903. The van der Waals surface area contributed by atoms with E-state index in [0.29, 0.717) is 5.56 Å². The van der Waals surface area contributed by atoms with E-state index in [9.17, 15) is 18.0 Å². The summed E-state index contributed by atoms with van der Waals surface area (Å²) in [4.78, 5) is 11.4. The van der Waals surface area contributed by atoms with Gasteiger partial charge in [0.15, 0.2) is 0 Å². The summed E-state index contributed by atoms with van der Waals surface area (Å²) < 4.78 is 42.1. The first kappa shape index (κ1) is 14.5. The van der Waals surface area contributed by atoms with Crippen LogP contribution in [0, 0.1) is 0 Å². The summed E-state index contributed by atoms with van der Waals surface area (Å²) in [7, 11) is 1.38. The zero-order chi connectivity index (χ0) is 13.8. The van der Waals surface area contributed by atoms with Gasteiger partial charge in [-0.15, -0.1) is 0 Å². The van der Waals surface area contributed by atoms with Crippen LogP contribution >= 0.6 is 0 Å². The number of amides is 1. The van der Waals surface area contributed by atoms with Crippen LogP contribution in [0.15, 0.2) is 24.3 Å². The molecule has 0 aromatic heterocycles. The highest BCUT2D eigenvalue weighted by Gasteiger charge is 2.30. The Morgan fingerprint density at radius 1 is 1.44 bits per heavy atom. The van der Waals surface area contributed by atoms with E-state index in [0.717, 1.165) is 12.1 Å². The number of ether oxygens (including phenoxy) is 1. The molecule has 1 unspecified atom stereocenters. The average Bonchev–Trinajstić information content (AvgIpc) is 2.34. The van der Waals surface area contributed by atoms with Gasteiger partial charge in [0, 0.05) is 13.7 Å². The molecule has 0 heterocycles. The Morgan fingerprint density at radius 3 is 2.67 bits per heavy atom. The molecule has 0 bridgehead atoms. The van der Waals surface area contributed by atoms with E-state index in [4.69, 9.17) is 4.74 Å². The van der Waals surface area contributed by atoms with Gasteiger partial charge in [0.1, 0.15) is 6.10 Å². The van der Waals surface area contributed by atoms with Crippen LogP contribution in [-0.4, -0.2) is 19.1 Å². The molecule has 1 N–H and O–H groups in total. The number of carbonyl (C=O) groups is 1. The SMILES string of the molecule is COC(C)C(=O)NCc1cccc(C(F)(F)F)c1. The van der Waals surface area contributed by atoms with Crippen molar-refractivity contribution in [1.29, 1.82) is 0 Å². The van der Waals surface area contributed by atoms with E-state index in [2.05, 4.69) is 5.32 Å². The number of halogens is 3. The predicted molar refractivity (Wildman–Crippen MR) is 59.8 cm³/mol. The first-order valence-electron chi connectivity index (χ1n) is 5.31. The summed E-state index contributed by atoms with van der Waals surface area (Å²) >= 11 is 0. The summed E-state index contributed by atoms with van der Waals surface area (Å²) in [5.74, 6) is -0.366. The van der Waals surface area contributed by atoms with Gasteiger partial charge < -0.3 is 10.1 Å². The lowest BCUT2D eigenvalue weighted by Crippen LogP contribution is -2.33. The smallest absolute Gasteiger partial charge is 0.372 e. The maximum Gasteiger partial charge on any atom is 0.416 e. The van der Waals surface area contributed by atoms with Crippen molar-refractivity contribution in [2.75, 3.05) is 7.11 Å². The second kappa shape index (κ2) is 5.86. The Kier molecular flexibility index (Phi) is 4.72. The molecule has 0 aliphatic carbocycles. The lowest BCUT2D eigenvalue weighted by molar-refractivity contribution is -0.137. The number of rotatable bonds is 4. The number of hydrogen-bond acceptors (Lipinski definition) is 2. The van der Waals surface area contributed by atoms with Crippen molar-refractivity contribution >= 4 is 5.91 Å². The van der Waals surface area contributed by atoms with Gasteiger partial charge in [0.05, 0.1) is 5.56 Å². The van der Waals surface area contributed by atoms with E-state index in [1.807, 2.05) is 0 Å². The summed E-state index contributed by atoms with van der Waals surface area (Å²) in [5, 5.41) is 2.50. The number of benzene rings is 1. The Bertz CT molecular complexity index is 418. The molecule has 1 amide bonds. The van der Waals surface area contributed by atoms with Crippen molar-refractivity contribution in [1.82, 2.24) is 5.32 Å². The van der Waals surface area contributed by atoms with Crippen molar-refractivity contribution in [3.8, 4) is 0 Å². The highest BCUT2D eigenvalue weighted by atomic mass is 19.4. The predicted octanol–water partition coefficient (Wildman–Crippen LogP) is 2.36. The molecular formula is C12H14F3NO2. The number of methoxy groups -OCH3 is 1. The minimum absolute atomic E-state index is 0.0381. The van der Waals surface area contributed by atoms with Crippen LogP contribution in [0.3, 0.4) is 0 Å². The highest BCUT2D eigenvalue weighted by molar-refractivity contribution is 5.80. The molecule has 0 aliphatic rings. The van der Waals surface area contributed by atoms with Crippen molar-refractivity contribution in [3.05, 3.63) is 35.4 Å². The molecule has 0 fully saturated rings. The van der Waals surface area contributed by atoms with Crippen molar-refractivity contribution in [2.24, 2.45) is 0 Å². The summed E-state index contributed by atoms with van der Waals surface area (Å²) in [6.07, 6.45) is -5.00. The number of alkyl halides is 3. The molecule has 0 saturated carbocycles. The summed E-state index contributed by atoms with van der Waals surface area (Å²) in [6, 6.07) is 4.83. The second-order valence-electron chi connectivity index (χ2n) is 3.79.